The molecule has 8 nitrogen and oxygen atoms in total. The lowest BCUT2D eigenvalue weighted by Crippen LogP contribution is -2.15. The molecule has 2 N–H and O–H groups in total. The predicted molar refractivity (Wildman–Crippen MR) is 139 cm³/mol. The summed E-state index contributed by atoms with van der Waals surface area (Å²) in [5.41, 5.74) is 1.64. The number of benzene rings is 2. The van der Waals surface area contributed by atoms with Crippen molar-refractivity contribution in [3.8, 4) is 16.4 Å². The highest BCUT2D eigenvalue weighted by atomic mass is 32.1. The van der Waals surface area contributed by atoms with E-state index in [1.807, 2.05) is 12.3 Å². The Morgan fingerprint density at radius 3 is 2.53 bits per heavy atom. The standard InChI is InChI=1S/C26H20F3N7OS/c1-15-3-4-17(11-22(15)35-25-32-6-5-21(34-25)24-31-8-10-38-24)23(37)33-19-12-18(26(27,28)29)13-20(14-19)36-9-7-30-16(36)2/h3-14H,1-2H3,(H,33,37)(H,32,34,35). The Bertz CT molecular complexity index is 1610. The molecular weight excluding hydrogens is 515 g/mol. The topological polar surface area (TPSA) is 97.6 Å². The van der Waals surface area contributed by atoms with Crippen LogP contribution < -0.4 is 10.6 Å². The van der Waals surface area contributed by atoms with Crippen LogP contribution in [0, 0.1) is 13.8 Å². The lowest BCUT2D eigenvalue weighted by Gasteiger charge is -2.15. The summed E-state index contributed by atoms with van der Waals surface area (Å²) < 4.78 is 42.3. The summed E-state index contributed by atoms with van der Waals surface area (Å²) in [6.45, 7) is 3.52. The molecule has 0 unspecified atom stereocenters. The van der Waals surface area contributed by atoms with Gasteiger partial charge in [-0.1, -0.05) is 6.07 Å². The highest BCUT2D eigenvalue weighted by Gasteiger charge is 2.31. The molecule has 0 bridgehead atoms. The first kappa shape index (κ1) is 25.1. The third kappa shape index (κ3) is 5.39. The third-order valence-electron chi connectivity index (χ3n) is 5.66. The zero-order valence-electron chi connectivity index (χ0n) is 20.1. The first-order chi connectivity index (χ1) is 18.2. The van der Waals surface area contributed by atoms with Gasteiger partial charge in [-0.25, -0.2) is 19.9 Å². The minimum absolute atomic E-state index is 0.00231. The van der Waals surface area contributed by atoms with Crippen molar-refractivity contribution in [2.24, 2.45) is 0 Å². The molecule has 1 amide bonds. The van der Waals surface area contributed by atoms with Crippen LogP contribution >= 0.6 is 11.3 Å². The fraction of sp³-hybridized carbons (Fsp3) is 0.115. The Morgan fingerprint density at radius 2 is 1.82 bits per heavy atom. The summed E-state index contributed by atoms with van der Waals surface area (Å²) in [5.74, 6) is 0.256. The second kappa shape index (κ2) is 10.1. The molecule has 0 atom stereocenters. The summed E-state index contributed by atoms with van der Waals surface area (Å²) >= 11 is 1.45. The van der Waals surface area contributed by atoms with E-state index < -0.39 is 17.6 Å². The molecule has 12 heteroatoms. The van der Waals surface area contributed by atoms with E-state index in [2.05, 4.69) is 30.6 Å². The van der Waals surface area contributed by atoms with Gasteiger partial charge in [0, 0.05) is 52.8 Å². The fourth-order valence-corrected chi connectivity index (χ4v) is 4.35. The average Bonchev–Trinajstić information content (AvgIpc) is 3.57. The van der Waals surface area contributed by atoms with E-state index in [-0.39, 0.29) is 16.9 Å². The van der Waals surface area contributed by atoms with Crippen molar-refractivity contribution in [3.05, 3.63) is 95.1 Å². The molecule has 5 aromatic rings. The van der Waals surface area contributed by atoms with E-state index in [1.165, 1.54) is 28.2 Å². The van der Waals surface area contributed by atoms with E-state index >= 15 is 0 Å². The molecule has 0 aliphatic heterocycles. The van der Waals surface area contributed by atoms with Gasteiger partial charge in [-0.15, -0.1) is 11.3 Å². The number of imidazole rings is 1. The Hall–Kier alpha value is -4.58. The maximum Gasteiger partial charge on any atom is 0.416 e. The van der Waals surface area contributed by atoms with Crippen molar-refractivity contribution in [3.63, 3.8) is 0 Å². The van der Waals surface area contributed by atoms with Crippen LogP contribution in [0.4, 0.5) is 30.5 Å². The Labute approximate surface area is 219 Å². The summed E-state index contributed by atoms with van der Waals surface area (Å²) in [6.07, 6.45) is 1.74. The van der Waals surface area contributed by atoms with Gasteiger partial charge in [0.2, 0.25) is 5.95 Å². The first-order valence-electron chi connectivity index (χ1n) is 11.3. The van der Waals surface area contributed by atoms with Crippen molar-refractivity contribution < 1.29 is 18.0 Å². The summed E-state index contributed by atoms with van der Waals surface area (Å²) in [7, 11) is 0. The molecule has 3 heterocycles. The van der Waals surface area contributed by atoms with Crippen LogP contribution in [-0.4, -0.2) is 30.4 Å². The number of aryl methyl sites for hydroxylation is 2. The van der Waals surface area contributed by atoms with Crippen LogP contribution in [0.25, 0.3) is 16.4 Å². The number of nitrogens with zero attached hydrogens (tertiary/aromatic N) is 5. The molecule has 0 spiro atoms. The number of carbonyl (C=O) groups excluding carboxylic acids is 1. The molecule has 38 heavy (non-hydrogen) atoms. The van der Waals surface area contributed by atoms with Crippen molar-refractivity contribution >= 4 is 34.6 Å². The highest BCUT2D eigenvalue weighted by Crippen LogP contribution is 2.33. The number of hydrogen-bond acceptors (Lipinski definition) is 7. The van der Waals surface area contributed by atoms with Gasteiger partial charge in [0.25, 0.3) is 5.91 Å². The van der Waals surface area contributed by atoms with Gasteiger partial charge in [0.05, 0.1) is 5.56 Å². The number of nitrogens with one attached hydrogen (secondary N) is 2. The molecule has 0 saturated carbocycles. The fourth-order valence-electron chi connectivity index (χ4n) is 3.75. The minimum atomic E-state index is -4.60. The number of halogens is 3. The summed E-state index contributed by atoms with van der Waals surface area (Å²) in [4.78, 5) is 30.1. The van der Waals surface area contributed by atoms with E-state index in [0.717, 1.165) is 22.7 Å². The van der Waals surface area contributed by atoms with Crippen molar-refractivity contribution in [2.75, 3.05) is 10.6 Å². The lowest BCUT2D eigenvalue weighted by atomic mass is 10.1. The number of aromatic nitrogens is 5. The van der Waals surface area contributed by atoms with Gasteiger partial charge in [0.15, 0.2) is 0 Å². The Balaban J connectivity index is 1.42. The molecule has 0 radical (unpaired) electrons. The third-order valence-corrected chi connectivity index (χ3v) is 6.46. The SMILES string of the molecule is Cc1ccc(C(=O)Nc2cc(-n3ccnc3C)cc(C(F)(F)F)c2)cc1Nc1nccc(-c2nccs2)n1. The quantitative estimate of drug-likeness (QED) is 0.261. The zero-order chi connectivity index (χ0) is 26.9. The van der Waals surface area contributed by atoms with Gasteiger partial charge in [0.1, 0.15) is 16.5 Å². The number of alkyl halides is 3. The molecular formula is C26H20F3N7OS. The largest absolute Gasteiger partial charge is 0.416 e. The number of thiazole rings is 1. The number of rotatable bonds is 6. The average molecular weight is 536 g/mol. The van der Waals surface area contributed by atoms with Gasteiger partial charge in [-0.2, -0.15) is 13.2 Å². The Kier molecular flexibility index (Phi) is 6.64. The maximum absolute atomic E-state index is 13.6. The lowest BCUT2D eigenvalue weighted by molar-refractivity contribution is -0.137. The summed E-state index contributed by atoms with van der Waals surface area (Å²) in [5, 5.41) is 8.29. The Morgan fingerprint density at radius 1 is 0.974 bits per heavy atom. The normalized spacial score (nSPS) is 11.4. The van der Waals surface area contributed by atoms with Crippen LogP contribution in [0.3, 0.4) is 0 Å². The van der Waals surface area contributed by atoms with Gasteiger partial charge >= 0.3 is 6.18 Å². The highest BCUT2D eigenvalue weighted by molar-refractivity contribution is 7.13. The predicted octanol–water partition coefficient (Wildman–Crippen LogP) is 6.42. The number of amides is 1. The number of hydrogen-bond donors (Lipinski definition) is 2. The monoisotopic (exact) mass is 535 g/mol. The van der Waals surface area contributed by atoms with Crippen molar-refractivity contribution in [1.82, 2.24) is 24.5 Å². The van der Waals surface area contributed by atoms with E-state index in [1.54, 1.807) is 49.8 Å². The molecule has 5 rings (SSSR count). The van der Waals surface area contributed by atoms with Crippen LogP contribution in [-0.2, 0) is 6.18 Å². The number of anilines is 3. The van der Waals surface area contributed by atoms with Crippen LogP contribution in [0.5, 0.6) is 0 Å². The molecule has 0 fully saturated rings. The second-order valence-electron chi connectivity index (χ2n) is 8.32. The maximum atomic E-state index is 13.6. The molecule has 2 aromatic carbocycles. The van der Waals surface area contributed by atoms with Crippen LogP contribution in [0.15, 0.2) is 72.6 Å². The van der Waals surface area contributed by atoms with Crippen molar-refractivity contribution in [1.29, 1.82) is 0 Å². The minimum Gasteiger partial charge on any atom is -0.324 e. The van der Waals surface area contributed by atoms with Gasteiger partial charge in [-0.05, 0) is 55.8 Å². The smallest absolute Gasteiger partial charge is 0.324 e. The molecule has 192 valence electrons. The van der Waals surface area contributed by atoms with E-state index in [0.29, 0.717) is 23.2 Å². The van der Waals surface area contributed by atoms with Gasteiger partial charge in [-0.3, -0.25) is 4.79 Å². The molecule has 0 aliphatic carbocycles. The van der Waals surface area contributed by atoms with Crippen LogP contribution in [0.1, 0.15) is 27.3 Å². The van der Waals surface area contributed by atoms with E-state index in [9.17, 15) is 18.0 Å². The van der Waals surface area contributed by atoms with E-state index in [4.69, 9.17) is 0 Å². The zero-order valence-corrected chi connectivity index (χ0v) is 20.9. The molecule has 3 aromatic heterocycles. The summed E-state index contributed by atoms with van der Waals surface area (Å²) in [6, 6.07) is 10.0. The number of carbonyl (C=O) groups is 1. The van der Waals surface area contributed by atoms with Crippen molar-refractivity contribution in [2.45, 2.75) is 20.0 Å². The molecule has 0 saturated heterocycles. The second-order valence-corrected chi connectivity index (χ2v) is 9.22. The first-order valence-corrected chi connectivity index (χ1v) is 12.2. The van der Waals surface area contributed by atoms with Gasteiger partial charge < -0.3 is 15.2 Å². The van der Waals surface area contributed by atoms with Crippen LogP contribution in [0.2, 0.25) is 0 Å². The molecule has 0 aliphatic rings.